The zero-order valence-electron chi connectivity index (χ0n) is 10.8. The van der Waals surface area contributed by atoms with Gasteiger partial charge in [0.15, 0.2) is 5.65 Å². The number of rotatable bonds is 3. The van der Waals surface area contributed by atoms with Crippen molar-refractivity contribution < 1.29 is 4.74 Å². The Kier molecular flexibility index (Phi) is 3.31. The average Bonchev–Trinajstić information content (AvgIpc) is 2.76. The van der Waals surface area contributed by atoms with Crippen LogP contribution in [0.1, 0.15) is 5.56 Å². The molecule has 102 valence electrons. The summed E-state index contributed by atoms with van der Waals surface area (Å²) >= 11 is 3.42. The Hall–Kier alpha value is -2.08. The summed E-state index contributed by atoms with van der Waals surface area (Å²) in [6.45, 7) is 0.364. The molecule has 0 N–H and O–H groups in total. The van der Waals surface area contributed by atoms with Crippen molar-refractivity contribution in [1.29, 1.82) is 0 Å². The van der Waals surface area contributed by atoms with Crippen LogP contribution in [0, 0.1) is 0 Å². The molecule has 0 unspecified atom stereocenters. The number of nitrogens with zero attached hydrogens (tertiary/aromatic N) is 3. The highest BCUT2D eigenvalue weighted by Gasteiger charge is 2.10. The van der Waals surface area contributed by atoms with E-state index in [2.05, 4.69) is 21.0 Å². The summed E-state index contributed by atoms with van der Waals surface area (Å²) in [5.74, 6) is 0.733. The molecule has 5 nitrogen and oxygen atoms in total. The molecule has 0 radical (unpaired) electrons. The molecular weight excluding hydrogens is 322 g/mol. The summed E-state index contributed by atoms with van der Waals surface area (Å²) in [7, 11) is 1.61. The lowest BCUT2D eigenvalue weighted by molar-refractivity contribution is 0.407. The van der Waals surface area contributed by atoms with Crippen LogP contribution in [0.2, 0.25) is 0 Å². The topological polar surface area (TPSA) is 48.5 Å². The molecule has 0 aliphatic heterocycles. The Morgan fingerprint density at radius 2 is 2.15 bits per heavy atom. The van der Waals surface area contributed by atoms with E-state index in [4.69, 9.17) is 4.74 Å². The molecule has 0 bridgehead atoms. The van der Waals surface area contributed by atoms with Crippen molar-refractivity contribution >= 4 is 21.6 Å². The SMILES string of the molecule is COc1ccc(Br)cc1Cn1nc2ccccn2c1=O. The van der Waals surface area contributed by atoms with Crippen LogP contribution in [0.25, 0.3) is 5.65 Å². The Balaban J connectivity index is 2.07. The fourth-order valence-electron chi connectivity index (χ4n) is 2.10. The highest BCUT2D eigenvalue weighted by atomic mass is 79.9. The zero-order valence-corrected chi connectivity index (χ0v) is 12.4. The van der Waals surface area contributed by atoms with E-state index in [-0.39, 0.29) is 5.69 Å². The second-order valence-electron chi connectivity index (χ2n) is 4.33. The maximum atomic E-state index is 12.2. The monoisotopic (exact) mass is 333 g/mol. The van der Waals surface area contributed by atoms with Crippen LogP contribution in [0.15, 0.2) is 51.9 Å². The minimum Gasteiger partial charge on any atom is -0.496 e. The van der Waals surface area contributed by atoms with Gasteiger partial charge in [0.1, 0.15) is 5.75 Å². The molecule has 0 amide bonds. The van der Waals surface area contributed by atoms with Crippen LogP contribution in [0.4, 0.5) is 0 Å². The summed E-state index contributed by atoms with van der Waals surface area (Å²) in [6, 6.07) is 11.1. The Labute approximate surface area is 123 Å². The Bertz CT molecular complexity index is 823. The minimum atomic E-state index is -0.164. The largest absolute Gasteiger partial charge is 0.496 e. The van der Waals surface area contributed by atoms with Crippen LogP contribution < -0.4 is 10.4 Å². The summed E-state index contributed by atoms with van der Waals surface area (Å²) in [4.78, 5) is 12.2. The van der Waals surface area contributed by atoms with Crippen molar-refractivity contribution in [1.82, 2.24) is 14.2 Å². The Morgan fingerprint density at radius 3 is 2.90 bits per heavy atom. The molecule has 2 heterocycles. The number of hydrogen-bond donors (Lipinski definition) is 0. The lowest BCUT2D eigenvalue weighted by Gasteiger charge is -2.08. The van der Waals surface area contributed by atoms with Gasteiger partial charge in [-0.05, 0) is 30.3 Å². The normalized spacial score (nSPS) is 10.9. The van der Waals surface area contributed by atoms with Gasteiger partial charge in [0.2, 0.25) is 0 Å². The van der Waals surface area contributed by atoms with Gasteiger partial charge in [0.05, 0.1) is 13.7 Å². The molecule has 2 aromatic heterocycles. The number of benzene rings is 1. The molecule has 1 aromatic carbocycles. The van der Waals surface area contributed by atoms with E-state index in [0.717, 1.165) is 15.8 Å². The van der Waals surface area contributed by atoms with Gasteiger partial charge in [-0.1, -0.05) is 22.0 Å². The number of halogens is 1. The maximum absolute atomic E-state index is 12.2. The van der Waals surface area contributed by atoms with Crippen LogP contribution in [0.3, 0.4) is 0 Å². The molecule has 0 aliphatic carbocycles. The van der Waals surface area contributed by atoms with Crippen LogP contribution >= 0.6 is 15.9 Å². The third-order valence-corrected chi connectivity index (χ3v) is 3.54. The molecular formula is C14H12BrN3O2. The molecule has 0 spiro atoms. The van der Waals surface area contributed by atoms with Gasteiger partial charge in [-0.3, -0.25) is 4.40 Å². The maximum Gasteiger partial charge on any atom is 0.350 e. The zero-order chi connectivity index (χ0) is 14.1. The van der Waals surface area contributed by atoms with Crippen molar-refractivity contribution in [3.8, 4) is 5.75 Å². The molecule has 20 heavy (non-hydrogen) atoms. The van der Waals surface area contributed by atoms with Gasteiger partial charge in [-0.2, -0.15) is 0 Å². The summed E-state index contributed by atoms with van der Waals surface area (Å²) < 4.78 is 9.20. The van der Waals surface area contributed by atoms with E-state index in [1.807, 2.05) is 24.3 Å². The molecule has 6 heteroatoms. The number of aromatic nitrogens is 3. The van der Waals surface area contributed by atoms with Crippen molar-refractivity contribution in [3.63, 3.8) is 0 Å². The second kappa shape index (κ2) is 5.13. The van der Waals surface area contributed by atoms with E-state index in [0.29, 0.717) is 12.2 Å². The first-order chi connectivity index (χ1) is 9.69. The van der Waals surface area contributed by atoms with E-state index in [1.165, 1.54) is 9.08 Å². The lowest BCUT2D eigenvalue weighted by Crippen LogP contribution is -2.21. The van der Waals surface area contributed by atoms with Crippen molar-refractivity contribution in [3.05, 3.63) is 63.1 Å². The third-order valence-electron chi connectivity index (χ3n) is 3.05. The third kappa shape index (κ3) is 2.22. The first-order valence-electron chi connectivity index (χ1n) is 6.05. The lowest BCUT2D eigenvalue weighted by atomic mass is 10.2. The van der Waals surface area contributed by atoms with Gasteiger partial charge >= 0.3 is 5.69 Å². The summed E-state index contributed by atoms with van der Waals surface area (Å²) in [5, 5.41) is 4.31. The van der Waals surface area contributed by atoms with Crippen molar-refractivity contribution in [2.75, 3.05) is 7.11 Å². The molecule has 0 fully saturated rings. The summed E-state index contributed by atoms with van der Waals surface area (Å²) in [5.41, 5.74) is 1.36. The number of ether oxygens (including phenoxy) is 1. The van der Waals surface area contributed by atoms with Gasteiger partial charge in [0, 0.05) is 16.2 Å². The van der Waals surface area contributed by atoms with Crippen molar-refractivity contribution in [2.24, 2.45) is 0 Å². The van der Waals surface area contributed by atoms with Gasteiger partial charge in [0.25, 0.3) is 0 Å². The quantitative estimate of drug-likeness (QED) is 0.739. The van der Waals surface area contributed by atoms with E-state index >= 15 is 0 Å². The molecule has 0 aliphatic rings. The van der Waals surface area contributed by atoms with Gasteiger partial charge in [-0.25, -0.2) is 9.48 Å². The van der Waals surface area contributed by atoms with E-state index in [9.17, 15) is 4.79 Å². The fraction of sp³-hybridized carbons (Fsp3) is 0.143. The minimum absolute atomic E-state index is 0.164. The number of hydrogen-bond acceptors (Lipinski definition) is 3. The highest BCUT2D eigenvalue weighted by Crippen LogP contribution is 2.23. The first-order valence-corrected chi connectivity index (χ1v) is 6.85. The first kappa shape index (κ1) is 12.9. The smallest absolute Gasteiger partial charge is 0.350 e. The van der Waals surface area contributed by atoms with Gasteiger partial charge < -0.3 is 4.74 Å². The van der Waals surface area contributed by atoms with Crippen LogP contribution in [-0.4, -0.2) is 21.3 Å². The number of methoxy groups -OCH3 is 1. The molecule has 3 aromatic rings. The number of fused-ring (bicyclic) bond motifs is 1. The molecule has 0 saturated carbocycles. The van der Waals surface area contributed by atoms with Crippen LogP contribution in [0.5, 0.6) is 5.75 Å². The predicted octanol–water partition coefficient (Wildman–Crippen LogP) is 2.32. The fourth-order valence-corrected chi connectivity index (χ4v) is 2.51. The van der Waals surface area contributed by atoms with Crippen molar-refractivity contribution in [2.45, 2.75) is 6.54 Å². The Morgan fingerprint density at radius 1 is 1.30 bits per heavy atom. The molecule has 0 atom stereocenters. The predicted molar refractivity (Wildman–Crippen MR) is 79.2 cm³/mol. The molecule has 3 rings (SSSR count). The standard InChI is InChI=1S/C14H12BrN3O2/c1-20-12-6-5-11(15)8-10(12)9-18-14(19)17-7-3-2-4-13(17)16-18/h2-8H,9H2,1H3. The van der Waals surface area contributed by atoms with E-state index < -0.39 is 0 Å². The van der Waals surface area contributed by atoms with Crippen LogP contribution in [-0.2, 0) is 6.54 Å². The average molecular weight is 334 g/mol. The summed E-state index contributed by atoms with van der Waals surface area (Å²) in [6.07, 6.45) is 1.71. The molecule has 0 saturated heterocycles. The second-order valence-corrected chi connectivity index (χ2v) is 5.24. The van der Waals surface area contributed by atoms with E-state index in [1.54, 1.807) is 25.4 Å². The number of pyridine rings is 1. The van der Waals surface area contributed by atoms with Gasteiger partial charge in [-0.15, -0.1) is 5.10 Å². The highest BCUT2D eigenvalue weighted by molar-refractivity contribution is 9.10.